The van der Waals surface area contributed by atoms with Crippen LogP contribution in [0.4, 0.5) is 4.39 Å². The van der Waals surface area contributed by atoms with Crippen molar-refractivity contribution in [2.75, 3.05) is 0 Å². The maximum absolute atomic E-state index is 13.0. The van der Waals surface area contributed by atoms with Gasteiger partial charge in [-0.1, -0.05) is 0 Å². The molecule has 2 rings (SSSR count). The van der Waals surface area contributed by atoms with Crippen LogP contribution in [0.2, 0.25) is 0 Å². The Balaban J connectivity index is 2.57. The number of carboxylic acids is 1. The standard InChI is InChI=1S/C11H8FIN2O2/c1-6-4-7(12)2-3-9(6)15-10(13)8(5-14-15)11(16)17/h2-5H,1H3,(H,16,17). The highest BCUT2D eigenvalue weighted by Gasteiger charge is 2.16. The van der Waals surface area contributed by atoms with Gasteiger partial charge in [0.25, 0.3) is 0 Å². The van der Waals surface area contributed by atoms with E-state index in [-0.39, 0.29) is 11.4 Å². The fraction of sp³-hybridized carbons (Fsp3) is 0.0909. The second-order valence-corrected chi connectivity index (χ2v) is 4.52. The number of hydrogen-bond acceptors (Lipinski definition) is 2. The molecule has 0 saturated carbocycles. The molecule has 4 nitrogen and oxygen atoms in total. The zero-order chi connectivity index (χ0) is 12.6. The third-order valence-corrected chi connectivity index (χ3v) is 3.37. The fourth-order valence-corrected chi connectivity index (χ4v) is 2.26. The average Bonchev–Trinajstić information content (AvgIpc) is 2.60. The molecule has 0 radical (unpaired) electrons. The van der Waals surface area contributed by atoms with Gasteiger partial charge in [0.15, 0.2) is 0 Å². The first kappa shape index (κ1) is 12.0. The Morgan fingerprint density at radius 1 is 1.53 bits per heavy atom. The molecule has 6 heteroatoms. The highest BCUT2D eigenvalue weighted by atomic mass is 127. The van der Waals surface area contributed by atoms with Crippen molar-refractivity contribution in [1.29, 1.82) is 0 Å². The van der Waals surface area contributed by atoms with Crippen LogP contribution in [0.15, 0.2) is 24.4 Å². The summed E-state index contributed by atoms with van der Waals surface area (Å²) in [5.74, 6) is -1.35. The molecule has 1 heterocycles. The molecule has 0 saturated heterocycles. The minimum atomic E-state index is -1.03. The van der Waals surface area contributed by atoms with Crippen molar-refractivity contribution in [1.82, 2.24) is 9.78 Å². The van der Waals surface area contributed by atoms with Gasteiger partial charge < -0.3 is 5.11 Å². The van der Waals surface area contributed by atoms with Crippen LogP contribution in [0.25, 0.3) is 5.69 Å². The Morgan fingerprint density at radius 3 is 2.76 bits per heavy atom. The molecule has 1 N–H and O–H groups in total. The molecule has 0 amide bonds. The molecule has 0 aliphatic rings. The number of aryl methyl sites for hydroxylation is 1. The fourth-order valence-electron chi connectivity index (χ4n) is 1.50. The SMILES string of the molecule is Cc1cc(F)ccc1-n1ncc(C(=O)O)c1I. The van der Waals surface area contributed by atoms with Crippen LogP contribution in [0.1, 0.15) is 15.9 Å². The largest absolute Gasteiger partial charge is 0.478 e. The third kappa shape index (κ3) is 2.17. The van der Waals surface area contributed by atoms with Gasteiger partial charge in [-0.3, -0.25) is 0 Å². The van der Waals surface area contributed by atoms with E-state index in [1.165, 1.54) is 23.0 Å². The van der Waals surface area contributed by atoms with Crippen molar-refractivity contribution in [3.63, 3.8) is 0 Å². The van der Waals surface area contributed by atoms with Crippen LogP contribution in [0.5, 0.6) is 0 Å². The van der Waals surface area contributed by atoms with Crippen molar-refractivity contribution in [2.24, 2.45) is 0 Å². The highest BCUT2D eigenvalue weighted by molar-refractivity contribution is 14.1. The van der Waals surface area contributed by atoms with Crippen LogP contribution in [-0.4, -0.2) is 20.9 Å². The zero-order valence-electron chi connectivity index (χ0n) is 8.82. The van der Waals surface area contributed by atoms with Gasteiger partial charge in [0.2, 0.25) is 0 Å². The van der Waals surface area contributed by atoms with Gasteiger partial charge in [0, 0.05) is 0 Å². The summed E-state index contributed by atoms with van der Waals surface area (Å²) in [5.41, 5.74) is 1.50. The van der Waals surface area contributed by atoms with Gasteiger partial charge in [0.1, 0.15) is 15.1 Å². The number of benzene rings is 1. The van der Waals surface area contributed by atoms with Crippen LogP contribution < -0.4 is 0 Å². The van der Waals surface area contributed by atoms with Crippen molar-refractivity contribution in [2.45, 2.75) is 6.92 Å². The molecule has 88 valence electrons. The molecule has 1 aromatic carbocycles. The van der Waals surface area contributed by atoms with E-state index in [4.69, 9.17) is 5.11 Å². The number of carbonyl (C=O) groups is 1. The summed E-state index contributed by atoms with van der Waals surface area (Å²) >= 11 is 1.91. The summed E-state index contributed by atoms with van der Waals surface area (Å²) in [5, 5.41) is 12.9. The van der Waals surface area contributed by atoms with E-state index in [0.717, 1.165) is 0 Å². The minimum absolute atomic E-state index is 0.134. The van der Waals surface area contributed by atoms with E-state index in [9.17, 15) is 9.18 Å². The molecule has 0 bridgehead atoms. The second-order valence-electron chi connectivity index (χ2n) is 3.50. The van der Waals surface area contributed by atoms with Gasteiger partial charge in [0.05, 0.1) is 11.9 Å². The van der Waals surface area contributed by atoms with Gasteiger partial charge >= 0.3 is 5.97 Å². The monoisotopic (exact) mass is 346 g/mol. The Kier molecular flexibility index (Phi) is 3.14. The Hall–Kier alpha value is -1.44. The molecule has 0 unspecified atom stereocenters. The number of aromatic carboxylic acids is 1. The smallest absolute Gasteiger partial charge is 0.340 e. The van der Waals surface area contributed by atoms with E-state index >= 15 is 0 Å². The first-order valence-electron chi connectivity index (χ1n) is 4.74. The summed E-state index contributed by atoms with van der Waals surface area (Å²) in [4.78, 5) is 10.9. The van der Waals surface area contributed by atoms with Crippen LogP contribution in [0.3, 0.4) is 0 Å². The van der Waals surface area contributed by atoms with Gasteiger partial charge in [-0.15, -0.1) is 0 Å². The predicted molar refractivity (Wildman–Crippen MR) is 67.9 cm³/mol. The van der Waals surface area contributed by atoms with E-state index in [1.807, 2.05) is 22.6 Å². The topological polar surface area (TPSA) is 55.1 Å². The van der Waals surface area contributed by atoms with E-state index in [0.29, 0.717) is 15.0 Å². The number of rotatable bonds is 2. The molecular formula is C11H8FIN2O2. The molecule has 0 spiro atoms. The highest BCUT2D eigenvalue weighted by Crippen LogP contribution is 2.20. The quantitative estimate of drug-likeness (QED) is 0.851. The first-order chi connectivity index (χ1) is 8.00. The van der Waals surface area contributed by atoms with Crippen LogP contribution >= 0.6 is 22.6 Å². The Bertz CT molecular complexity index is 595. The molecule has 2 aromatic rings. The van der Waals surface area contributed by atoms with Crippen LogP contribution in [0, 0.1) is 16.4 Å². The van der Waals surface area contributed by atoms with Gasteiger partial charge in [-0.2, -0.15) is 5.10 Å². The number of carboxylic acid groups (broad SMARTS) is 1. The van der Waals surface area contributed by atoms with E-state index in [2.05, 4.69) is 5.10 Å². The molecule has 1 aromatic heterocycles. The van der Waals surface area contributed by atoms with Crippen molar-refractivity contribution < 1.29 is 14.3 Å². The number of aromatic nitrogens is 2. The van der Waals surface area contributed by atoms with Gasteiger partial charge in [-0.25, -0.2) is 13.9 Å². The van der Waals surface area contributed by atoms with Crippen molar-refractivity contribution in [3.8, 4) is 5.69 Å². The summed E-state index contributed by atoms with van der Waals surface area (Å²) in [6.07, 6.45) is 1.28. The maximum atomic E-state index is 13.0. The summed E-state index contributed by atoms with van der Waals surface area (Å²) < 4.78 is 14.9. The van der Waals surface area contributed by atoms with E-state index < -0.39 is 5.97 Å². The summed E-state index contributed by atoms with van der Waals surface area (Å²) in [6, 6.07) is 4.28. The zero-order valence-corrected chi connectivity index (χ0v) is 11.0. The first-order valence-corrected chi connectivity index (χ1v) is 5.82. The molecular weight excluding hydrogens is 338 g/mol. The molecule has 0 fully saturated rings. The van der Waals surface area contributed by atoms with Crippen LogP contribution in [-0.2, 0) is 0 Å². The van der Waals surface area contributed by atoms with Crippen molar-refractivity contribution >= 4 is 28.6 Å². The minimum Gasteiger partial charge on any atom is -0.478 e. The maximum Gasteiger partial charge on any atom is 0.340 e. The predicted octanol–water partition coefficient (Wildman–Crippen LogP) is 2.62. The molecule has 17 heavy (non-hydrogen) atoms. The lowest BCUT2D eigenvalue weighted by Gasteiger charge is -2.07. The number of halogens is 2. The van der Waals surface area contributed by atoms with Gasteiger partial charge in [-0.05, 0) is 53.3 Å². The van der Waals surface area contributed by atoms with Crippen molar-refractivity contribution in [3.05, 3.63) is 45.0 Å². The van der Waals surface area contributed by atoms with E-state index in [1.54, 1.807) is 13.0 Å². The second kappa shape index (κ2) is 4.44. The molecule has 0 aliphatic heterocycles. The number of hydrogen-bond donors (Lipinski definition) is 1. The average molecular weight is 346 g/mol. The Morgan fingerprint density at radius 2 is 2.24 bits per heavy atom. The molecule has 0 aliphatic carbocycles. The Labute approximate surface area is 110 Å². The normalized spacial score (nSPS) is 10.5. The molecule has 0 atom stereocenters. The lowest BCUT2D eigenvalue weighted by molar-refractivity contribution is 0.0695. The summed E-state index contributed by atoms with van der Waals surface area (Å²) in [7, 11) is 0. The number of nitrogens with zero attached hydrogens (tertiary/aromatic N) is 2. The lowest BCUT2D eigenvalue weighted by Crippen LogP contribution is -2.04. The third-order valence-electron chi connectivity index (χ3n) is 2.33. The summed E-state index contributed by atoms with van der Waals surface area (Å²) in [6.45, 7) is 1.75. The lowest BCUT2D eigenvalue weighted by atomic mass is 10.2.